The molecule has 1 saturated heterocycles. The van der Waals surface area contributed by atoms with Gasteiger partial charge in [0.25, 0.3) is 0 Å². The molecule has 2 atom stereocenters. The largest absolute Gasteiger partial charge is 0.349 e. The van der Waals surface area contributed by atoms with Crippen molar-refractivity contribution in [2.24, 2.45) is 0 Å². The second kappa shape index (κ2) is 9.60. The van der Waals surface area contributed by atoms with Crippen molar-refractivity contribution in [1.82, 2.24) is 19.9 Å². The molecule has 5 nitrogen and oxygen atoms in total. The van der Waals surface area contributed by atoms with Crippen molar-refractivity contribution in [1.29, 1.82) is 0 Å². The third kappa shape index (κ3) is 4.62. The van der Waals surface area contributed by atoms with Crippen LogP contribution in [0.1, 0.15) is 31.0 Å². The molecule has 5 rings (SSSR count). The van der Waals surface area contributed by atoms with Gasteiger partial charge in [0.2, 0.25) is 5.28 Å². The summed E-state index contributed by atoms with van der Waals surface area (Å²) < 4.78 is 28.3. The van der Waals surface area contributed by atoms with Crippen LogP contribution in [0.15, 0.2) is 48.5 Å². The average molecular weight is 612 g/mol. The normalized spacial score (nSPS) is 19.3. The van der Waals surface area contributed by atoms with E-state index in [2.05, 4.69) is 61.2 Å². The minimum atomic E-state index is -0.282. The number of thiazole rings is 1. The average Bonchev–Trinajstić information content (AvgIpc) is 3.18. The maximum Gasteiger partial charge on any atom is 0.225 e. The van der Waals surface area contributed by atoms with Crippen molar-refractivity contribution in [3.8, 4) is 0 Å². The van der Waals surface area contributed by atoms with E-state index in [4.69, 9.17) is 11.6 Å². The second-order valence-corrected chi connectivity index (χ2v) is 11.6. The molecule has 0 unspecified atom stereocenters. The van der Waals surface area contributed by atoms with Crippen LogP contribution >= 0.6 is 45.5 Å². The zero-order valence-electron chi connectivity index (χ0n) is 18.4. The maximum atomic E-state index is 13.7. The molecule has 0 saturated carbocycles. The molecule has 10 heteroatoms. The maximum absolute atomic E-state index is 13.7. The molecule has 2 aromatic heterocycles. The molecule has 1 aliphatic heterocycles. The van der Waals surface area contributed by atoms with Gasteiger partial charge in [0.15, 0.2) is 13.7 Å². The number of hydrogen-bond acceptors (Lipinski definition) is 6. The summed E-state index contributed by atoms with van der Waals surface area (Å²) in [5, 5.41) is 0.209. The van der Waals surface area contributed by atoms with E-state index in [1.54, 1.807) is 24.3 Å². The van der Waals surface area contributed by atoms with Gasteiger partial charge in [0, 0.05) is 25.2 Å². The number of hydrogen-bond donors (Lipinski definition) is 0. The molecular formula is C24H21ClF2IN5S. The molecule has 3 heterocycles. The number of aromatic nitrogens is 3. The Morgan fingerprint density at radius 3 is 2.09 bits per heavy atom. The molecule has 0 radical (unpaired) electrons. The van der Waals surface area contributed by atoms with E-state index < -0.39 is 0 Å². The van der Waals surface area contributed by atoms with Gasteiger partial charge in [0.1, 0.15) is 17.2 Å². The van der Waals surface area contributed by atoms with Gasteiger partial charge in [0.05, 0.1) is 6.04 Å². The first kappa shape index (κ1) is 23.8. The summed E-state index contributed by atoms with van der Waals surface area (Å²) in [5.74, 6) is 0.180. The van der Waals surface area contributed by atoms with E-state index in [1.807, 2.05) is 0 Å². The Morgan fingerprint density at radius 1 is 0.912 bits per heavy atom. The van der Waals surface area contributed by atoms with Crippen LogP contribution in [-0.4, -0.2) is 45.0 Å². The number of halogens is 4. The van der Waals surface area contributed by atoms with Crippen molar-refractivity contribution in [3.05, 3.63) is 79.6 Å². The molecule has 4 aromatic rings. The molecule has 0 aliphatic carbocycles. The summed E-state index contributed by atoms with van der Waals surface area (Å²) in [5.41, 5.74) is 2.68. The fraction of sp³-hybridized carbons (Fsp3) is 0.292. The van der Waals surface area contributed by atoms with Crippen LogP contribution in [-0.2, 0) is 0 Å². The van der Waals surface area contributed by atoms with Gasteiger partial charge in [-0.2, -0.15) is 4.98 Å². The van der Waals surface area contributed by atoms with Crippen LogP contribution in [0.25, 0.3) is 10.3 Å². The minimum Gasteiger partial charge on any atom is -0.349 e. The Bertz CT molecular complexity index is 1270. The third-order valence-electron chi connectivity index (χ3n) is 6.20. The fourth-order valence-electron chi connectivity index (χ4n) is 4.63. The number of benzene rings is 2. The number of piperazine rings is 1. The molecule has 0 bridgehead atoms. The lowest BCUT2D eigenvalue weighted by atomic mass is 9.93. The molecule has 0 N–H and O–H groups in total. The number of fused-ring (bicyclic) bond motifs is 1. The summed E-state index contributed by atoms with van der Waals surface area (Å²) in [6.45, 7) is 5.70. The lowest BCUT2D eigenvalue weighted by Gasteiger charge is -2.48. The molecule has 176 valence electrons. The molecule has 2 aromatic carbocycles. The van der Waals surface area contributed by atoms with Crippen LogP contribution in [0.4, 0.5) is 14.6 Å². The first-order chi connectivity index (χ1) is 16.3. The summed E-state index contributed by atoms with van der Waals surface area (Å²) in [7, 11) is 0. The van der Waals surface area contributed by atoms with Crippen LogP contribution in [0.5, 0.6) is 0 Å². The third-order valence-corrected chi connectivity index (χ3v) is 8.00. The van der Waals surface area contributed by atoms with Crippen LogP contribution in [0, 0.1) is 14.6 Å². The molecule has 34 heavy (non-hydrogen) atoms. The standard InChI is InChI=1S/C24H21ClF2IN5S/c1-13-12-33(21-19-22(31-23(25)30-21)34-24(28)29-19)14(2)11-32(13)20(15-3-7-17(26)8-4-15)16-5-9-18(27)10-6-16/h3-10,13-14,20H,11-12H2,1-2H3/t13-,14+/m1/s1. The predicted octanol–water partition coefficient (Wildman–Crippen LogP) is 6.31. The SMILES string of the molecule is C[C@@H]1CN(c2nc(Cl)nc3sc(I)nc23)[C@@H](C)CN1C(c1ccc(F)cc1)c1ccc(F)cc1. The Balaban J connectivity index is 1.51. The van der Waals surface area contributed by atoms with Gasteiger partial charge in [-0.25, -0.2) is 18.7 Å². The fourth-order valence-corrected chi connectivity index (χ4v) is 6.38. The highest BCUT2D eigenvalue weighted by Gasteiger charge is 2.36. The minimum absolute atomic E-state index is 0.0909. The number of anilines is 1. The lowest BCUT2D eigenvalue weighted by molar-refractivity contribution is 0.129. The smallest absolute Gasteiger partial charge is 0.225 e. The van der Waals surface area contributed by atoms with E-state index in [0.29, 0.717) is 13.1 Å². The topological polar surface area (TPSA) is 45.2 Å². The van der Waals surface area contributed by atoms with Crippen LogP contribution in [0.2, 0.25) is 5.28 Å². The first-order valence-corrected chi connectivity index (χ1v) is 13.1. The Morgan fingerprint density at radius 2 is 1.50 bits per heavy atom. The van der Waals surface area contributed by atoms with Crippen molar-refractivity contribution >= 4 is 61.7 Å². The van der Waals surface area contributed by atoms with E-state index in [9.17, 15) is 8.78 Å². The number of rotatable bonds is 4. The second-order valence-electron chi connectivity index (χ2n) is 8.49. The highest BCUT2D eigenvalue weighted by atomic mass is 127. The van der Waals surface area contributed by atoms with Gasteiger partial charge >= 0.3 is 0 Å². The van der Waals surface area contributed by atoms with Gasteiger partial charge in [-0.3, -0.25) is 4.90 Å². The molecule has 0 spiro atoms. The van der Waals surface area contributed by atoms with E-state index in [0.717, 1.165) is 30.3 Å². The zero-order valence-corrected chi connectivity index (χ0v) is 22.2. The molecular weight excluding hydrogens is 591 g/mol. The van der Waals surface area contributed by atoms with Crippen molar-refractivity contribution < 1.29 is 8.78 Å². The zero-order chi connectivity index (χ0) is 24.0. The highest BCUT2D eigenvalue weighted by Crippen LogP contribution is 2.37. The van der Waals surface area contributed by atoms with E-state index in [1.165, 1.54) is 35.6 Å². The Hall–Kier alpha value is -1.95. The summed E-state index contributed by atoms with van der Waals surface area (Å²) in [6.07, 6.45) is 0. The van der Waals surface area contributed by atoms with Gasteiger partial charge in [-0.1, -0.05) is 35.6 Å². The van der Waals surface area contributed by atoms with Gasteiger partial charge in [-0.15, -0.1) is 0 Å². The van der Waals surface area contributed by atoms with Crippen molar-refractivity contribution in [3.63, 3.8) is 0 Å². The monoisotopic (exact) mass is 611 g/mol. The summed E-state index contributed by atoms with van der Waals surface area (Å²) >= 11 is 9.93. The number of nitrogens with zero attached hydrogens (tertiary/aromatic N) is 5. The predicted molar refractivity (Wildman–Crippen MR) is 141 cm³/mol. The van der Waals surface area contributed by atoms with Crippen molar-refractivity contribution in [2.45, 2.75) is 32.0 Å². The molecule has 0 amide bonds. The Kier molecular flexibility index (Phi) is 6.71. The Labute approximate surface area is 218 Å². The first-order valence-electron chi connectivity index (χ1n) is 10.8. The lowest BCUT2D eigenvalue weighted by Crippen LogP contribution is -2.57. The molecule has 1 aliphatic rings. The van der Waals surface area contributed by atoms with E-state index >= 15 is 0 Å². The van der Waals surface area contributed by atoms with Crippen LogP contribution in [0.3, 0.4) is 0 Å². The van der Waals surface area contributed by atoms with Crippen molar-refractivity contribution in [2.75, 3.05) is 18.0 Å². The quantitative estimate of drug-likeness (QED) is 0.200. The van der Waals surface area contributed by atoms with E-state index in [-0.39, 0.29) is 35.0 Å². The highest BCUT2D eigenvalue weighted by molar-refractivity contribution is 14.1. The van der Waals surface area contributed by atoms with Gasteiger partial charge < -0.3 is 4.90 Å². The molecule has 1 fully saturated rings. The van der Waals surface area contributed by atoms with Crippen LogP contribution < -0.4 is 4.90 Å². The van der Waals surface area contributed by atoms with Gasteiger partial charge in [-0.05, 0) is 83.4 Å². The summed E-state index contributed by atoms with van der Waals surface area (Å²) in [6, 6.07) is 13.2. The summed E-state index contributed by atoms with van der Waals surface area (Å²) in [4.78, 5) is 18.9.